The summed E-state index contributed by atoms with van der Waals surface area (Å²) in [5, 5.41) is 0.221. The molecule has 1 aromatic carbocycles. The molecule has 1 atom stereocenters. The van der Waals surface area contributed by atoms with Crippen LogP contribution in [0.2, 0.25) is 0 Å². The lowest BCUT2D eigenvalue weighted by Crippen LogP contribution is -2.29. The summed E-state index contributed by atoms with van der Waals surface area (Å²) in [6.07, 6.45) is 2.63. The van der Waals surface area contributed by atoms with E-state index < -0.39 is 0 Å². The van der Waals surface area contributed by atoms with Crippen molar-refractivity contribution in [2.24, 2.45) is 0 Å². The number of hydrogen-bond acceptors (Lipinski definition) is 1. The van der Waals surface area contributed by atoms with Crippen molar-refractivity contribution in [3.8, 4) is 0 Å². The summed E-state index contributed by atoms with van der Waals surface area (Å²) >= 11 is 0. The van der Waals surface area contributed by atoms with Crippen LogP contribution in [0.5, 0.6) is 0 Å². The summed E-state index contributed by atoms with van der Waals surface area (Å²) in [7, 11) is 0.335. The van der Waals surface area contributed by atoms with E-state index in [2.05, 4.69) is 26.8 Å². The molecule has 1 aromatic rings. The highest BCUT2D eigenvalue weighted by Gasteiger charge is 2.35. The van der Waals surface area contributed by atoms with E-state index in [1.807, 2.05) is 12.1 Å². The minimum Gasteiger partial charge on any atom is -0.289 e. The van der Waals surface area contributed by atoms with Crippen molar-refractivity contribution in [2.45, 2.75) is 38.9 Å². The average Bonchev–Trinajstić information content (AvgIpc) is 2.79. The fraction of sp³-hybridized carbons (Fsp3) is 0.533. The van der Waals surface area contributed by atoms with Gasteiger partial charge in [0.1, 0.15) is 11.5 Å². The lowest BCUT2D eigenvalue weighted by atomic mass is 10.0. The van der Waals surface area contributed by atoms with Crippen molar-refractivity contribution in [1.29, 1.82) is 0 Å². The fourth-order valence-corrected chi connectivity index (χ4v) is 5.03. The van der Waals surface area contributed by atoms with Crippen LogP contribution in [-0.2, 0) is 10.9 Å². The number of ketones is 1. The minimum absolute atomic E-state index is 0.221. The first kappa shape index (κ1) is 12.7. The maximum absolute atomic E-state index is 12.4. The Hall–Kier alpha value is -0.760. The fourth-order valence-electron chi connectivity index (χ4n) is 2.53. The second-order valence-corrected chi connectivity index (χ2v) is 7.63. The highest BCUT2D eigenvalue weighted by atomic mass is 32.2. The molecular formula is C15H21OS+. The van der Waals surface area contributed by atoms with Gasteiger partial charge >= 0.3 is 0 Å². The Balaban J connectivity index is 2.17. The van der Waals surface area contributed by atoms with E-state index in [4.69, 9.17) is 0 Å². The number of benzene rings is 1. The standard InChI is InChI=1S/C15H21OS/c1-11-8-12(2)10-14(9-11)15(16)13(3)17-6-4-5-7-17/h8-10,13H,4-7H2,1-3H3/q+1. The first-order chi connectivity index (χ1) is 8.08. The Morgan fingerprint density at radius 3 is 2.18 bits per heavy atom. The maximum atomic E-state index is 12.4. The molecule has 1 saturated heterocycles. The summed E-state index contributed by atoms with van der Waals surface area (Å²) in [5.41, 5.74) is 3.29. The SMILES string of the molecule is Cc1cc(C)cc(C(=O)C(C)[S+]2CCCC2)c1. The Labute approximate surface area is 107 Å². The summed E-state index contributed by atoms with van der Waals surface area (Å²) in [6, 6.07) is 6.19. The van der Waals surface area contributed by atoms with Gasteiger partial charge in [0.15, 0.2) is 5.25 Å². The Morgan fingerprint density at radius 2 is 1.65 bits per heavy atom. The molecule has 0 radical (unpaired) electrons. The van der Waals surface area contributed by atoms with Crippen LogP contribution in [0, 0.1) is 13.8 Å². The van der Waals surface area contributed by atoms with Gasteiger partial charge in [-0.3, -0.25) is 4.79 Å². The monoisotopic (exact) mass is 249 g/mol. The van der Waals surface area contributed by atoms with E-state index in [-0.39, 0.29) is 5.25 Å². The summed E-state index contributed by atoms with van der Waals surface area (Å²) in [4.78, 5) is 12.4. The number of hydrogen-bond donors (Lipinski definition) is 0. The van der Waals surface area contributed by atoms with Crippen LogP contribution in [0.1, 0.15) is 41.3 Å². The molecule has 92 valence electrons. The Morgan fingerprint density at radius 1 is 1.12 bits per heavy atom. The van der Waals surface area contributed by atoms with Crippen molar-refractivity contribution >= 4 is 16.7 Å². The third-order valence-corrected chi connectivity index (χ3v) is 6.28. The first-order valence-electron chi connectivity index (χ1n) is 6.37. The molecule has 0 bridgehead atoms. The van der Waals surface area contributed by atoms with Crippen LogP contribution in [0.25, 0.3) is 0 Å². The maximum Gasteiger partial charge on any atom is 0.214 e. The molecule has 0 aromatic heterocycles. The van der Waals surface area contributed by atoms with Gasteiger partial charge in [-0.2, -0.15) is 0 Å². The lowest BCUT2D eigenvalue weighted by Gasteiger charge is -2.11. The summed E-state index contributed by atoms with van der Waals surface area (Å²) in [5.74, 6) is 2.87. The van der Waals surface area contributed by atoms with Crippen LogP contribution < -0.4 is 0 Å². The minimum atomic E-state index is 0.221. The van der Waals surface area contributed by atoms with E-state index >= 15 is 0 Å². The molecule has 0 spiro atoms. The molecule has 0 saturated carbocycles. The summed E-state index contributed by atoms with van der Waals surface area (Å²) < 4.78 is 0. The van der Waals surface area contributed by atoms with E-state index in [0.717, 1.165) is 5.56 Å². The number of rotatable bonds is 3. The van der Waals surface area contributed by atoms with Crippen molar-refractivity contribution in [1.82, 2.24) is 0 Å². The zero-order valence-electron chi connectivity index (χ0n) is 11.0. The zero-order chi connectivity index (χ0) is 12.4. The van der Waals surface area contributed by atoms with Gasteiger partial charge in [0.25, 0.3) is 0 Å². The third kappa shape index (κ3) is 2.92. The summed E-state index contributed by atoms with van der Waals surface area (Å²) in [6.45, 7) is 6.24. The second-order valence-electron chi connectivity index (χ2n) is 5.04. The number of aryl methyl sites for hydroxylation is 2. The van der Waals surface area contributed by atoms with Gasteiger partial charge in [0.2, 0.25) is 5.78 Å². The largest absolute Gasteiger partial charge is 0.289 e. The highest BCUT2D eigenvalue weighted by Crippen LogP contribution is 2.22. The topological polar surface area (TPSA) is 17.1 Å². The van der Waals surface area contributed by atoms with Crippen LogP contribution in [0.4, 0.5) is 0 Å². The van der Waals surface area contributed by atoms with Gasteiger partial charge in [-0.1, -0.05) is 17.2 Å². The average molecular weight is 249 g/mol. The molecule has 0 aliphatic carbocycles. The van der Waals surface area contributed by atoms with Gasteiger partial charge in [0, 0.05) is 5.56 Å². The van der Waals surface area contributed by atoms with Gasteiger partial charge in [0.05, 0.1) is 0 Å². The van der Waals surface area contributed by atoms with Crippen molar-refractivity contribution < 1.29 is 4.79 Å². The van der Waals surface area contributed by atoms with E-state index in [1.54, 1.807) is 0 Å². The van der Waals surface area contributed by atoms with Gasteiger partial charge in [-0.25, -0.2) is 0 Å². The van der Waals surface area contributed by atoms with Crippen LogP contribution in [0.3, 0.4) is 0 Å². The number of carbonyl (C=O) groups is 1. The van der Waals surface area contributed by atoms with Crippen LogP contribution >= 0.6 is 0 Å². The zero-order valence-corrected chi connectivity index (χ0v) is 11.8. The number of Topliss-reactive ketones (excluding diaryl/α,β-unsaturated/α-hetero) is 1. The van der Waals surface area contributed by atoms with Gasteiger partial charge < -0.3 is 0 Å². The van der Waals surface area contributed by atoms with Crippen molar-refractivity contribution in [2.75, 3.05) is 11.5 Å². The smallest absolute Gasteiger partial charge is 0.214 e. The van der Waals surface area contributed by atoms with Gasteiger partial charge in [-0.05, 0) is 56.6 Å². The highest BCUT2D eigenvalue weighted by molar-refractivity contribution is 7.98. The molecule has 2 rings (SSSR count). The molecular weight excluding hydrogens is 228 g/mol. The predicted molar refractivity (Wildman–Crippen MR) is 76.0 cm³/mol. The molecule has 0 N–H and O–H groups in total. The molecule has 1 nitrogen and oxygen atoms in total. The van der Waals surface area contributed by atoms with E-state index in [1.165, 1.54) is 35.5 Å². The second kappa shape index (κ2) is 5.26. The third-order valence-electron chi connectivity index (χ3n) is 3.44. The van der Waals surface area contributed by atoms with E-state index in [0.29, 0.717) is 16.7 Å². The number of carbonyl (C=O) groups excluding carboxylic acids is 1. The molecule has 1 heterocycles. The van der Waals surface area contributed by atoms with Crippen LogP contribution in [0.15, 0.2) is 18.2 Å². The first-order valence-corrected chi connectivity index (χ1v) is 7.99. The van der Waals surface area contributed by atoms with Crippen molar-refractivity contribution in [3.63, 3.8) is 0 Å². The molecule has 1 aliphatic heterocycles. The Bertz CT molecular complexity index is 399. The van der Waals surface area contributed by atoms with Crippen molar-refractivity contribution in [3.05, 3.63) is 34.9 Å². The molecule has 17 heavy (non-hydrogen) atoms. The predicted octanol–water partition coefficient (Wildman–Crippen LogP) is 3.29. The molecule has 1 fully saturated rings. The van der Waals surface area contributed by atoms with Crippen LogP contribution in [-0.4, -0.2) is 22.5 Å². The quantitative estimate of drug-likeness (QED) is 0.593. The molecule has 0 amide bonds. The van der Waals surface area contributed by atoms with Gasteiger partial charge in [-0.15, -0.1) is 0 Å². The molecule has 1 aliphatic rings. The molecule has 1 unspecified atom stereocenters. The normalized spacial score (nSPS) is 18.3. The molecule has 2 heteroatoms. The lowest BCUT2D eigenvalue weighted by molar-refractivity contribution is 0.0993. The Kier molecular flexibility index (Phi) is 3.93. The van der Waals surface area contributed by atoms with E-state index in [9.17, 15) is 4.79 Å².